The Morgan fingerprint density at radius 1 is 1.19 bits per heavy atom. The lowest BCUT2D eigenvalue weighted by Crippen LogP contribution is -2.56. The van der Waals surface area contributed by atoms with Gasteiger partial charge in [-0.05, 0) is 18.4 Å². The SMILES string of the molecule is CC(C)C(CNC(=O)C(N)C(C)(C)C)N1CCN(C)CC1. The Balaban J connectivity index is 2.54. The van der Waals surface area contributed by atoms with Gasteiger partial charge >= 0.3 is 0 Å². The maximum absolute atomic E-state index is 12.2. The molecule has 0 aromatic carbocycles. The monoisotopic (exact) mass is 298 g/mol. The molecule has 0 saturated carbocycles. The van der Waals surface area contributed by atoms with E-state index in [2.05, 4.69) is 36.0 Å². The van der Waals surface area contributed by atoms with Crippen LogP contribution >= 0.6 is 0 Å². The predicted molar refractivity (Wildman–Crippen MR) is 88.1 cm³/mol. The summed E-state index contributed by atoms with van der Waals surface area (Å²) in [5.74, 6) is 0.474. The van der Waals surface area contributed by atoms with Gasteiger partial charge in [0.05, 0.1) is 6.04 Å². The number of amides is 1. The molecule has 3 N–H and O–H groups in total. The number of carbonyl (C=O) groups is 1. The number of hydrogen-bond donors (Lipinski definition) is 2. The molecule has 1 heterocycles. The minimum absolute atomic E-state index is 0.0396. The number of nitrogens with zero attached hydrogens (tertiary/aromatic N) is 2. The van der Waals surface area contributed by atoms with Crippen molar-refractivity contribution in [3.8, 4) is 0 Å². The molecule has 2 atom stereocenters. The molecule has 0 bridgehead atoms. The Bertz CT molecular complexity index is 330. The van der Waals surface area contributed by atoms with E-state index in [1.165, 1.54) is 0 Å². The van der Waals surface area contributed by atoms with Gasteiger partial charge in [0.1, 0.15) is 0 Å². The summed E-state index contributed by atoms with van der Waals surface area (Å²) in [5, 5.41) is 3.06. The van der Waals surface area contributed by atoms with Crippen LogP contribution in [0.4, 0.5) is 0 Å². The minimum Gasteiger partial charge on any atom is -0.353 e. The molecule has 5 nitrogen and oxygen atoms in total. The van der Waals surface area contributed by atoms with E-state index in [-0.39, 0.29) is 11.3 Å². The normalized spacial score (nSPS) is 21.3. The molecule has 0 spiro atoms. The standard InChI is InChI=1S/C16H34N4O/c1-12(2)13(20-9-7-19(6)8-10-20)11-18-15(21)14(17)16(3,4)5/h12-14H,7-11,17H2,1-6H3,(H,18,21). The van der Waals surface area contributed by atoms with Crippen molar-refractivity contribution in [2.75, 3.05) is 39.8 Å². The van der Waals surface area contributed by atoms with Crippen LogP contribution < -0.4 is 11.1 Å². The molecule has 0 aliphatic carbocycles. The Hall–Kier alpha value is -0.650. The molecular formula is C16H34N4O. The summed E-state index contributed by atoms with van der Waals surface area (Å²) in [6.45, 7) is 15.5. The molecule has 0 radical (unpaired) electrons. The molecule has 1 rings (SSSR count). The average Bonchev–Trinajstić information content (AvgIpc) is 2.38. The zero-order chi connectivity index (χ0) is 16.2. The molecular weight excluding hydrogens is 264 g/mol. The number of rotatable bonds is 5. The average molecular weight is 298 g/mol. The van der Waals surface area contributed by atoms with Crippen molar-refractivity contribution in [1.29, 1.82) is 0 Å². The van der Waals surface area contributed by atoms with Gasteiger partial charge in [0.2, 0.25) is 5.91 Å². The smallest absolute Gasteiger partial charge is 0.237 e. The number of hydrogen-bond acceptors (Lipinski definition) is 4. The quantitative estimate of drug-likeness (QED) is 0.786. The third kappa shape index (κ3) is 5.57. The second kappa shape index (κ2) is 7.56. The van der Waals surface area contributed by atoms with E-state index in [1.807, 2.05) is 20.8 Å². The molecule has 1 saturated heterocycles. The number of nitrogens with two attached hydrogens (primary N) is 1. The van der Waals surface area contributed by atoms with E-state index in [4.69, 9.17) is 5.73 Å². The van der Waals surface area contributed by atoms with Crippen LogP contribution in [-0.4, -0.2) is 67.6 Å². The predicted octanol–water partition coefficient (Wildman–Crippen LogP) is 0.748. The fourth-order valence-corrected chi connectivity index (χ4v) is 2.65. The van der Waals surface area contributed by atoms with E-state index >= 15 is 0 Å². The summed E-state index contributed by atoms with van der Waals surface area (Å²) in [7, 11) is 2.16. The van der Waals surface area contributed by atoms with Crippen LogP contribution in [0.25, 0.3) is 0 Å². The first-order valence-corrected chi connectivity index (χ1v) is 8.08. The van der Waals surface area contributed by atoms with Crippen molar-refractivity contribution in [2.45, 2.75) is 46.7 Å². The van der Waals surface area contributed by atoms with Gasteiger partial charge < -0.3 is 16.0 Å². The van der Waals surface area contributed by atoms with Gasteiger partial charge in [-0.3, -0.25) is 9.69 Å². The van der Waals surface area contributed by atoms with Crippen molar-refractivity contribution >= 4 is 5.91 Å². The number of nitrogens with one attached hydrogen (secondary N) is 1. The fraction of sp³-hybridized carbons (Fsp3) is 0.938. The molecule has 124 valence electrons. The highest BCUT2D eigenvalue weighted by atomic mass is 16.2. The van der Waals surface area contributed by atoms with Crippen molar-refractivity contribution < 1.29 is 4.79 Å². The highest BCUT2D eigenvalue weighted by molar-refractivity contribution is 5.82. The van der Waals surface area contributed by atoms with Gasteiger partial charge in [0.25, 0.3) is 0 Å². The lowest BCUT2D eigenvalue weighted by Gasteiger charge is -2.40. The molecule has 21 heavy (non-hydrogen) atoms. The van der Waals surface area contributed by atoms with Crippen LogP contribution in [0.15, 0.2) is 0 Å². The van der Waals surface area contributed by atoms with Crippen molar-refractivity contribution in [3.05, 3.63) is 0 Å². The molecule has 1 amide bonds. The zero-order valence-corrected chi connectivity index (χ0v) is 14.6. The Morgan fingerprint density at radius 3 is 2.14 bits per heavy atom. The van der Waals surface area contributed by atoms with Crippen LogP contribution in [0, 0.1) is 11.3 Å². The van der Waals surface area contributed by atoms with Gasteiger partial charge in [-0.15, -0.1) is 0 Å². The second-order valence-electron chi connectivity index (χ2n) is 7.74. The van der Waals surface area contributed by atoms with Crippen molar-refractivity contribution in [1.82, 2.24) is 15.1 Å². The van der Waals surface area contributed by atoms with Crippen molar-refractivity contribution in [3.63, 3.8) is 0 Å². The molecule has 1 aliphatic rings. The van der Waals surface area contributed by atoms with E-state index in [0.717, 1.165) is 26.2 Å². The Kier molecular flexibility index (Phi) is 6.63. The largest absolute Gasteiger partial charge is 0.353 e. The highest BCUT2D eigenvalue weighted by Crippen LogP contribution is 2.18. The van der Waals surface area contributed by atoms with Gasteiger partial charge in [-0.2, -0.15) is 0 Å². The first-order valence-electron chi connectivity index (χ1n) is 8.08. The fourth-order valence-electron chi connectivity index (χ4n) is 2.65. The summed E-state index contributed by atoms with van der Waals surface area (Å²) in [6.07, 6.45) is 0. The summed E-state index contributed by atoms with van der Waals surface area (Å²) in [5.41, 5.74) is 5.82. The molecule has 0 aromatic rings. The van der Waals surface area contributed by atoms with E-state index < -0.39 is 6.04 Å². The first kappa shape index (κ1) is 18.4. The second-order valence-corrected chi connectivity index (χ2v) is 7.74. The Morgan fingerprint density at radius 2 is 1.71 bits per heavy atom. The van der Waals surface area contributed by atoms with Crippen molar-refractivity contribution in [2.24, 2.45) is 17.1 Å². The number of piperazine rings is 1. The van der Waals surface area contributed by atoms with Crippen LogP contribution in [-0.2, 0) is 4.79 Å². The summed E-state index contributed by atoms with van der Waals surface area (Å²) in [4.78, 5) is 17.0. The molecule has 0 aromatic heterocycles. The van der Waals surface area contributed by atoms with Gasteiger partial charge in [-0.1, -0.05) is 34.6 Å². The minimum atomic E-state index is -0.460. The molecule has 2 unspecified atom stereocenters. The lowest BCUT2D eigenvalue weighted by atomic mass is 9.87. The maximum atomic E-state index is 12.2. The number of likely N-dealkylation sites (N-methyl/N-ethyl adjacent to an activating group) is 1. The van der Waals surface area contributed by atoms with Gasteiger partial charge in [-0.25, -0.2) is 0 Å². The first-order chi connectivity index (χ1) is 9.62. The number of carbonyl (C=O) groups excluding carboxylic acids is 1. The van der Waals surface area contributed by atoms with E-state index in [0.29, 0.717) is 18.5 Å². The third-order valence-corrected chi connectivity index (χ3v) is 4.48. The lowest BCUT2D eigenvalue weighted by molar-refractivity contribution is -0.124. The van der Waals surface area contributed by atoms with Crippen LogP contribution in [0.1, 0.15) is 34.6 Å². The Labute approximate surface area is 130 Å². The van der Waals surface area contributed by atoms with E-state index in [1.54, 1.807) is 0 Å². The van der Waals surface area contributed by atoms with E-state index in [9.17, 15) is 4.79 Å². The highest BCUT2D eigenvalue weighted by Gasteiger charge is 2.29. The zero-order valence-electron chi connectivity index (χ0n) is 14.6. The summed E-state index contributed by atoms with van der Waals surface area (Å²) >= 11 is 0. The third-order valence-electron chi connectivity index (χ3n) is 4.48. The van der Waals surface area contributed by atoms with Crippen LogP contribution in [0.5, 0.6) is 0 Å². The topological polar surface area (TPSA) is 61.6 Å². The molecule has 5 heteroatoms. The van der Waals surface area contributed by atoms with Crippen LogP contribution in [0.3, 0.4) is 0 Å². The molecule has 1 aliphatic heterocycles. The summed E-state index contributed by atoms with van der Waals surface area (Å²) in [6, 6.07) is -0.0763. The maximum Gasteiger partial charge on any atom is 0.237 e. The summed E-state index contributed by atoms with van der Waals surface area (Å²) < 4.78 is 0. The molecule has 1 fully saturated rings. The van der Waals surface area contributed by atoms with Crippen LogP contribution in [0.2, 0.25) is 0 Å². The van der Waals surface area contributed by atoms with Gasteiger partial charge in [0, 0.05) is 38.8 Å². The van der Waals surface area contributed by atoms with Gasteiger partial charge in [0.15, 0.2) is 0 Å².